The number of Topliss-reactive ketones (excluding diaryl/α,β-unsaturated/α-hetero) is 1. The summed E-state index contributed by atoms with van der Waals surface area (Å²) < 4.78 is 0. The molecule has 0 aliphatic carbocycles. The number of hydrogen-bond acceptors (Lipinski definition) is 7. The molecule has 12 nitrogen and oxygen atoms in total. The number of nitrogens with two attached hydrogens (primary N) is 1. The fourth-order valence-electron chi connectivity index (χ4n) is 5.03. The minimum atomic E-state index is -1.20. The smallest absolute Gasteiger partial charge is 0.326 e. The van der Waals surface area contributed by atoms with Gasteiger partial charge in [-0.05, 0) is 31.6 Å². The van der Waals surface area contributed by atoms with Crippen molar-refractivity contribution in [3.05, 3.63) is 0 Å². The minimum Gasteiger partial charge on any atom is -0.481 e. The summed E-state index contributed by atoms with van der Waals surface area (Å²) in [5.41, 5.74) is 6.05. The Labute approximate surface area is 276 Å². The highest BCUT2D eigenvalue weighted by atomic mass is 16.4. The quantitative estimate of drug-likeness (QED) is 0.0725. The molecule has 0 aromatic heterocycles. The van der Waals surface area contributed by atoms with Crippen LogP contribution in [-0.4, -0.2) is 82.3 Å². The fourth-order valence-corrected chi connectivity index (χ4v) is 5.03. The lowest BCUT2D eigenvalue weighted by Crippen LogP contribution is -2.49. The zero-order chi connectivity index (χ0) is 34.9. The summed E-state index contributed by atoms with van der Waals surface area (Å²) in [6.45, 7) is 7.51. The van der Waals surface area contributed by atoms with Gasteiger partial charge in [0.05, 0.1) is 12.6 Å². The number of hydrogen-bond donors (Lipinski definition) is 5. The van der Waals surface area contributed by atoms with Gasteiger partial charge in [0.15, 0.2) is 5.78 Å². The molecule has 3 amide bonds. The molecule has 0 saturated heterocycles. The summed E-state index contributed by atoms with van der Waals surface area (Å²) in [5, 5.41) is 23.4. The lowest BCUT2D eigenvalue weighted by molar-refractivity contribution is -0.142. The molecule has 266 valence electrons. The molecule has 6 N–H and O–H groups in total. The van der Waals surface area contributed by atoms with Gasteiger partial charge < -0.3 is 31.5 Å². The Morgan fingerprint density at radius 2 is 1.20 bits per heavy atom. The third-order valence-corrected chi connectivity index (χ3v) is 7.89. The molecule has 0 aliphatic heterocycles. The van der Waals surface area contributed by atoms with Crippen LogP contribution >= 0.6 is 0 Å². The second-order valence-electron chi connectivity index (χ2n) is 13.1. The molecular formula is C34H62N4O8. The zero-order valence-corrected chi connectivity index (χ0v) is 28.8. The predicted octanol–water partition coefficient (Wildman–Crippen LogP) is 4.43. The number of nitrogens with one attached hydrogen (secondary N) is 2. The van der Waals surface area contributed by atoms with E-state index in [0.29, 0.717) is 12.8 Å². The maximum absolute atomic E-state index is 12.8. The Balaban J connectivity index is 4.27. The van der Waals surface area contributed by atoms with E-state index in [1.165, 1.54) is 24.2 Å². The average molecular weight is 655 g/mol. The largest absolute Gasteiger partial charge is 0.481 e. The van der Waals surface area contributed by atoms with Gasteiger partial charge in [-0.15, -0.1) is 0 Å². The fraction of sp³-hybridized carbons (Fsp3) is 0.824. The van der Waals surface area contributed by atoms with Crippen LogP contribution in [0.4, 0.5) is 0 Å². The average Bonchev–Trinajstić information content (AvgIpc) is 2.97. The van der Waals surface area contributed by atoms with Crippen molar-refractivity contribution in [2.75, 3.05) is 19.6 Å². The second-order valence-corrected chi connectivity index (χ2v) is 13.1. The van der Waals surface area contributed by atoms with E-state index in [4.69, 9.17) is 10.8 Å². The van der Waals surface area contributed by atoms with E-state index in [1.54, 1.807) is 13.8 Å². The van der Waals surface area contributed by atoms with E-state index in [-0.39, 0.29) is 74.8 Å². The van der Waals surface area contributed by atoms with Gasteiger partial charge in [0.25, 0.3) is 0 Å². The lowest BCUT2D eigenvalue weighted by atomic mass is 10.0. The van der Waals surface area contributed by atoms with Crippen molar-refractivity contribution in [1.82, 2.24) is 15.5 Å². The molecule has 0 saturated carbocycles. The predicted molar refractivity (Wildman–Crippen MR) is 178 cm³/mol. The van der Waals surface area contributed by atoms with Crippen LogP contribution in [0, 0.1) is 11.8 Å². The Morgan fingerprint density at radius 3 is 1.65 bits per heavy atom. The standard InChI is InChI=1S/C34H62N4O8/c1-25(2)23-27(35)33(44)38(24-29(39)26(3)4)22-21-36-30(40)20-19-28(34(45)46)37-31(41)17-15-13-11-9-7-5-6-8-10-12-14-16-18-32(42)43/h25-28H,5-24,35H2,1-4H3,(H,36,40)(H,37,41)(H,42,43)(H,45,46)/t27-,28-/m0/s1. The zero-order valence-electron chi connectivity index (χ0n) is 28.8. The number of carboxylic acid groups (broad SMARTS) is 2. The monoisotopic (exact) mass is 654 g/mol. The van der Waals surface area contributed by atoms with Crippen LogP contribution in [0.15, 0.2) is 0 Å². The Morgan fingerprint density at radius 1 is 0.696 bits per heavy atom. The summed E-state index contributed by atoms with van der Waals surface area (Å²) >= 11 is 0. The van der Waals surface area contributed by atoms with Crippen molar-refractivity contribution in [2.45, 2.75) is 149 Å². The maximum atomic E-state index is 12.8. The molecule has 0 aromatic rings. The molecule has 0 bridgehead atoms. The van der Waals surface area contributed by atoms with E-state index in [9.17, 15) is 33.9 Å². The van der Waals surface area contributed by atoms with Gasteiger partial charge in [-0.3, -0.25) is 24.0 Å². The molecule has 0 fully saturated rings. The first kappa shape index (κ1) is 43.0. The number of carbonyl (C=O) groups is 6. The summed E-state index contributed by atoms with van der Waals surface area (Å²) in [6.07, 6.45) is 13.1. The van der Waals surface area contributed by atoms with Crippen molar-refractivity contribution >= 4 is 35.4 Å². The summed E-state index contributed by atoms with van der Waals surface area (Å²) in [4.78, 5) is 73.4. The van der Waals surface area contributed by atoms with Gasteiger partial charge in [0.1, 0.15) is 6.04 Å². The number of carbonyl (C=O) groups excluding carboxylic acids is 4. The highest BCUT2D eigenvalue weighted by molar-refractivity contribution is 5.89. The number of aliphatic carboxylic acids is 2. The Kier molecular flexibility index (Phi) is 24.4. The van der Waals surface area contributed by atoms with E-state index >= 15 is 0 Å². The number of nitrogens with zero attached hydrogens (tertiary/aromatic N) is 1. The van der Waals surface area contributed by atoms with Crippen LogP contribution in [0.5, 0.6) is 0 Å². The number of rotatable bonds is 29. The van der Waals surface area contributed by atoms with Crippen molar-refractivity contribution < 1.29 is 39.0 Å². The van der Waals surface area contributed by atoms with Gasteiger partial charge in [-0.25, -0.2) is 4.79 Å². The summed E-state index contributed by atoms with van der Waals surface area (Å²) in [6, 6.07) is -1.92. The van der Waals surface area contributed by atoms with Crippen molar-refractivity contribution in [3.63, 3.8) is 0 Å². The van der Waals surface area contributed by atoms with Crippen LogP contribution in [0.2, 0.25) is 0 Å². The maximum Gasteiger partial charge on any atom is 0.326 e. The number of unbranched alkanes of at least 4 members (excludes halogenated alkanes) is 11. The molecule has 0 heterocycles. The third-order valence-electron chi connectivity index (χ3n) is 7.89. The number of carboxylic acids is 2. The van der Waals surface area contributed by atoms with Gasteiger partial charge in [-0.2, -0.15) is 0 Å². The van der Waals surface area contributed by atoms with Crippen molar-refractivity contribution in [1.29, 1.82) is 0 Å². The van der Waals surface area contributed by atoms with Crippen molar-refractivity contribution in [2.24, 2.45) is 17.6 Å². The van der Waals surface area contributed by atoms with E-state index < -0.39 is 29.9 Å². The van der Waals surface area contributed by atoms with Crippen LogP contribution in [0.25, 0.3) is 0 Å². The van der Waals surface area contributed by atoms with Gasteiger partial charge >= 0.3 is 11.9 Å². The van der Waals surface area contributed by atoms with Crippen LogP contribution < -0.4 is 16.4 Å². The van der Waals surface area contributed by atoms with Crippen molar-refractivity contribution in [3.8, 4) is 0 Å². The van der Waals surface area contributed by atoms with E-state index in [0.717, 1.165) is 51.4 Å². The molecule has 0 unspecified atom stereocenters. The first-order chi connectivity index (χ1) is 21.7. The molecule has 46 heavy (non-hydrogen) atoms. The molecular weight excluding hydrogens is 592 g/mol. The van der Waals surface area contributed by atoms with Crippen LogP contribution in [0.1, 0.15) is 137 Å². The second kappa shape index (κ2) is 26.1. The molecule has 0 rings (SSSR count). The lowest BCUT2D eigenvalue weighted by Gasteiger charge is -2.26. The van der Waals surface area contributed by atoms with Crippen LogP contribution in [-0.2, 0) is 28.8 Å². The molecule has 0 aliphatic rings. The molecule has 0 aromatic carbocycles. The van der Waals surface area contributed by atoms with Gasteiger partial charge in [0, 0.05) is 38.3 Å². The highest BCUT2D eigenvalue weighted by Crippen LogP contribution is 2.13. The minimum absolute atomic E-state index is 0.0665. The van der Waals surface area contributed by atoms with E-state index in [1.807, 2.05) is 13.8 Å². The summed E-state index contributed by atoms with van der Waals surface area (Å²) in [5.74, 6) is -3.20. The highest BCUT2D eigenvalue weighted by Gasteiger charge is 2.25. The molecule has 2 atom stereocenters. The van der Waals surface area contributed by atoms with Gasteiger partial charge in [0.2, 0.25) is 17.7 Å². The molecule has 12 heteroatoms. The number of ketones is 1. The Bertz CT molecular complexity index is 925. The first-order valence-corrected chi connectivity index (χ1v) is 17.3. The normalized spacial score (nSPS) is 12.5. The third kappa shape index (κ3) is 23.3. The molecule has 0 spiro atoms. The van der Waals surface area contributed by atoms with E-state index in [2.05, 4.69) is 10.6 Å². The molecule has 0 radical (unpaired) electrons. The topological polar surface area (TPSA) is 196 Å². The summed E-state index contributed by atoms with van der Waals surface area (Å²) in [7, 11) is 0. The van der Waals surface area contributed by atoms with Gasteiger partial charge in [-0.1, -0.05) is 91.9 Å². The first-order valence-electron chi connectivity index (χ1n) is 17.3. The number of amides is 3. The van der Waals surface area contributed by atoms with Crippen LogP contribution in [0.3, 0.4) is 0 Å². The Hall–Kier alpha value is -3.02. The SMILES string of the molecule is CC(C)C[C@H](N)C(=O)N(CCNC(=O)CC[C@H](NC(=O)CCCCCCCCCCCCCCC(=O)O)C(=O)O)CC(=O)C(C)C.